The highest BCUT2D eigenvalue weighted by Crippen LogP contribution is 2.22. The Bertz CT molecular complexity index is 705. The smallest absolute Gasteiger partial charge is 0.282 e. The van der Waals surface area contributed by atoms with Gasteiger partial charge < -0.3 is 4.52 Å². The molecule has 0 saturated heterocycles. The monoisotopic (exact) mass is 296 g/mol. The van der Waals surface area contributed by atoms with Gasteiger partial charge in [-0.25, -0.2) is 8.78 Å². The van der Waals surface area contributed by atoms with Crippen molar-refractivity contribution in [3.05, 3.63) is 40.9 Å². The summed E-state index contributed by atoms with van der Waals surface area (Å²) < 4.78 is 31.7. The van der Waals surface area contributed by atoms with Gasteiger partial charge in [0.05, 0.1) is 4.88 Å². The second-order valence-corrected chi connectivity index (χ2v) is 5.11. The van der Waals surface area contributed by atoms with Crippen LogP contribution in [0.5, 0.6) is 0 Å². The third-order valence-electron chi connectivity index (χ3n) is 2.72. The van der Waals surface area contributed by atoms with Crippen molar-refractivity contribution < 1.29 is 13.3 Å². The Morgan fingerprint density at radius 1 is 1.45 bits per heavy atom. The number of aryl methyl sites for hydroxylation is 1. The number of rotatable bonds is 4. The van der Waals surface area contributed by atoms with E-state index < -0.39 is 6.43 Å². The minimum atomic E-state index is -2.58. The first-order valence-electron chi connectivity index (χ1n) is 5.82. The molecule has 3 aromatic rings. The predicted octanol–water partition coefficient (Wildman–Crippen LogP) is 3.29. The van der Waals surface area contributed by atoms with Crippen LogP contribution in [-0.4, -0.2) is 19.9 Å². The molecule has 0 radical (unpaired) electrons. The summed E-state index contributed by atoms with van der Waals surface area (Å²) in [5.41, 5.74) is 0.372. The Labute approximate surface area is 116 Å². The van der Waals surface area contributed by atoms with Crippen LogP contribution in [0.15, 0.2) is 28.1 Å². The molecule has 0 N–H and O–H groups in total. The maximum atomic E-state index is 12.6. The van der Waals surface area contributed by atoms with Gasteiger partial charge >= 0.3 is 0 Å². The molecule has 0 aliphatic rings. The highest BCUT2D eigenvalue weighted by atomic mass is 32.1. The average molecular weight is 296 g/mol. The van der Waals surface area contributed by atoms with Gasteiger partial charge in [-0.15, -0.1) is 11.3 Å². The van der Waals surface area contributed by atoms with Crippen LogP contribution in [0.25, 0.3) is 10.7 Å². The number of thiophene rings is 1. The van der Waals surface area contributed by atoms with Crippen molar-refractivity contribution >= 4 is 11.3 Å². The van der Waals surface area contributed by atoms with Gasteiger partial charge in [0.1, 0.15) is 12.2 Å². The van der Waals surface area contributed by atoms with Crippen molar-refractivity contribution in [3.63, 3.8) is 0 Å². The van der Waals surface area contributed by atoms with E-state index in [2.05, 4.69) is 15.2 Å². The van der Waals surface area contributed by atoms with Crippen LogP contribution >= 0.6 is 11.3 Å². The fourth-order valence-corrected chi connectivity index (χ4v) is 2.40. The van der Waals surface area contributed by atoms with Gasteiger partial charge in [0, 0.05) is 5.69 Å². The van der Waals surface area contributed by atoms with E-state index in [1.54, 1.807) is 6.92 Å². The number of hydrogen-bond acceptors (Lipinski definition) is 5. The van der Waals surface area contributed by atoms with Gasteiger partial charge in [0.2, 0.25) is 11.7 Å². The standard InChI is InChI=1S/C12H10F2N4OS/c1-7-5-8(11(13)14)16-18(7)6-10-15-12(17-19-10)9-3-2-4-20-9/h2-5,11H,6H2,1H3. The van der Waals surface area contributed by atoms with Crippen molar-refractivity contribution in [2.24, 2.45) is 0 Å². The van der Waals surface area contributed by atoms with Gasteiger partial charge in [-0.3, -0.25) is 4.68 Å². The first-order valence-corrected chi connectivity index (χ1v) is 6.70. The van der Waals surface area contributed by atoms with E-state index in [0.717, 1.165) is 4.88 Å². The minimum Gasteiger partial charge on any atom is -0.337 e. The van der Waals surface area contributed by atoms with E-state index in [1.165, 1.54) is 22.1 Å². The maximum Gasteiger partial charge on any atom is 0.282 e. The molecule has 20 heavy (non-hydrogen) atoms. The summed E-state index contributed by atoms with van der Waals surface area (Å²) in [5, 5.41) is 9.59. The molecule has 0 bridgehead atoms. The molecule has 0 atom stereocenters. The molecule has 3 heterocycles. The van der Waals surface area contributed by atoms with Crippen molar-refractivity contribution in [1.29, 1.82) is 0 Å². The van der Waals surface area contributed by atoms with Crippen molar-refractivity contribution in [2.75, 3.05) is 0 Å². The third kappa shape index (κ3) is 2.46. The fourth-order valence-electron chi connectivity index (χ4n) is 1.76. The molecule has 0 saturated carbocycles. The fraction of sp³-hybridized carbons (Fsp3) is 0.250. The summed E-state index contributed by atoms with van der Waals surface area (Å²) in [7, 11) is 0. The molecular formula is C12H10F2N4OS. The van der Waals surface area contributed by atoms with Gasteiger partial charge in [-0.05, 0) is 24.4 Å². The lowest BCUT2D eigenvalue weighted by Crippen LogP contribution is -2.04. The van der Waals surface area contributed by atoms with Crippen LogP contribution in [0.4, 0.5) is 8.78 Å². The van der Waals surface area contributed by atoms with Crippen molar-refractivity contribution in [3.8, 4) is 10.7 Å². The molecule has 5 nitrogen and oxygen atoms in total. The zero-order valence-corrected chi connectivity index (χ0v) is 11.3. The quantitative estimate of drug-likeness (QED) is 0.741. The highest BCUT2D eigenvalue weighted by Gasteiger charge is 2.16. The molecule has 104 valence electrons. The van der Waals surface area contributed by atoms with Crippen LogP contribution in [0.3, 0.4) is 0 Å². The summed E-state index contributed by atoms with van der Waals surface area (Å²) in [6.07, 6.45) is -2.58. The number of aromatic nitrogens is 4. The lowest BCUT2D eigenvalue weighted by atomic mass is 10.4. The molecule has 0 amide bonds. The summed E-state index contributed by atoms with van der Waals surface area (Å²) in [5.74, 6) is 0.828. The summed E-state index contributed by atoms with van der Waals surface area (Å²) in [4.78, 5) is 5.12. The largest absolute Gasteiger partial charge is 0.337 e. The highest BCUT2D eigenvalue weighted by molar-refractivity contribution is 7.13. The Morgan fingerprint density at radius 3 is 2.95 bits per heavy atom. The van der Waals surface area contributed by atoms with Crippen LogP contribution in [0, 0.1) is 6.92 Å². The second kappa shape index (κ2) is 5.12. The number of nitrogens with zero attached hydrogens (tertiary/aromatic N) is 4. The molecule has 3 rings (SSSR count). The van der Waals surface area contributed by atoms with Gasteiger partial charge in [0.25, 0.3) is 6.43 Å². The topological polar surface area (TPSA) is 56.7 Å². The molecule has 0 aliphatic carbocycles. The Balaban J connectivity index is 1.81. The number of hydrogen-bond donors (Lipinski definition) is 0. The second-order valence-electron chi connectivity index (χ2n) is 4.16. The molecule has 0 aliphatic heterocycles. The first kappa shape index (κ1) is 12.9. The lowest BCUT2D eigenvalue weighted by Gasteiger charge is -1.98. The lowest BCUT2D eigenvalue weighted by molar-refractivity contribution is 0.145. The molecule has 8 heteroatoms. The molecule has 0 spiro atoms. The Hall–Kier alpha value is -2.09. The van der Waals surface area contributed by atoms with Gasteiger partial charge in [0.15, 0.2) is 0 Å². The van der Waals surface area contributed by atoms with E-state index in [4.69, 9.17) is 4.52 Å². The van der Waals surface area contributed by atoms with E-state index in [9.17, 15) is 8.78 Å². The summed E-state index contributed by atoms with van der Waals surface area (Å²) in [6.45, 7) is 1.88. The minimum absolute atomic E-state index is 0.178. The molecule has 0 unspecified atom stereocenters. The van der Waals surface area contributed by atoms with E-state index in [-0.39, 0.29) is 12.2 Å². The predicted molar refractivity (Wildman–Crippen MR) is 68.6 cm³/mol. The average Bonchev–Trinajstić information content (AvgIpc) is 3.11. The molecular weight excluding hydrogens is 286 g/mol. The first-order chi connectivity index (χ1) is 9.63. The van der Waals surface area contributed by atoms with Gasteiger partial charge in [-0.2, -0.15) is 10.1 Å². The third-order valence-corrected chi connectivity index (χ3v) is 3.58. The molecule has 3 aromatic heterocycles. The SMILES string of the molecule is Cc1cc(C(F)F)nn1Cc1nc(-c2cccs2)no1. The van der Waals surface area contributed by atoms with Gasteiger partial charge in [-0.1, -0.05) is 11.2 Å². The zero-order valence-electron chi connectivity index (χ0n) is 10.5. The molecule has 0 aromatic carbocycles. The summed E-state index contributed by atoms with van der Waals surface area (Å²) in [6, 6.07) is 5.12. The number of alkyl halides is 2. The normalized spacial score (nSPS) is 11.4. The Kier molecular flexibility index (Phi) is 3.31. The summed E-state index contributed by atoms with van der Waals surface area (Å²) >= 11 is 1.50. The van der Waals surface area contributed by atoms with Crippen LogP contribution < -0.4 is 0 Å². The van der Waals surface area contributed by atoms with Crippen molar-refractivity contribution in [1.82, 2.24) is 19.9 Å². The zero-order chi connectivity index (χ0) is 14.1. The van der Waals surface area contributed by atoms with Crippen LogP contribution in [-0.2, 0) is 6.54 Å². The Morgan fingerprint density at radius 2 is 2.30 bits per heavy atom. The van der Waals surface area contributed by atoms with Crippen LogP contribution in [0.2, 0.25) is 0 Å². The maximum absolute atomic E-state index is 12.6. The number of halogens is 2. The molecule has 0 fully saturated rings. The van der Waals surface area contributed by atoms with E-state index in [1.807, 2.05) is 17.5 Å². The van der Waals surface area contributed by atoms with E-state index in [0.29, 0.717) is 17.4 Å². The van der Waals surface area contributed by atoms with Crippen LogP contribution in [0.1, 0.15) is 23.7 Å². The van der Waals surface area contributed by atoms with Crippen molar-refractivity contribution in [2.45, 2.75) is 19.9 Å². The van der Waals surface area contributed by atoms with E-state index >= 15 is 0 Å².